The molecule has 0 rings (SSSR count). The molecule has 4 amide bonds. The minimum atomic E-state index is -0.701. The predicted molar refractivity (Wildman–Crippen MR) is 58.0 cm³/mol. The maximum absolute atomic E-state index is 11.0. The number of amides is 4. The van der Waals surface area contributed by atoms with Gasteiger partial charge in [-0.3, -0.25) is 14.5 Å². The lowest BCUT2D eigenvalue weighted by Gasteiger charge is -2.20. The molecule has 0 aliphatic rings. The molecule has 4 N–H and O–H groups in total. The molecule has 0 fully saturated rings. The van der Waals surface area contributed by atoms with Gasteiger partial charge in [0.05, 0.1) is 13.3 Å². The Balaban J connectivity index is 4.03. The SMILES string of the molecule is CCC(=O)NCN(CNC(=O)CC)C(N)=O. The summed E-state index contributed by atoms with van der Waals surface area (Å²) in [5.74, 6) is -0.374. The molecule has 0 radical (unpaired) electrons. The summed E-state index contributed by atoms with van der Waals surface area (Å²) in [6.45, 7) is 3.38. The van der Waals surface area contributed by atoms with Crippen molar-refractivity contribution in [1.29, 1.82) is 0 Å². The molecule has 7 nitrogen and oxygen atoms in total. The fourth-order valence-electron chi connectivity index (χ4n) is 0.829. The van der Waals surface area contributed by atoms with E-state index in [0.29, 0.717) is 12.8 Å². The quantitative estimate of drug-likeness (QED) is 0.527. The summed E-state index contributed by atoms with van der Waals surface area (Å²) in [6.07, 6.45) is 0.655. The maximum Gasteiger partial charge on any atom is 0.317 e. The summed E-state index contributed by atoms with van der Waals surface area (Å²) in [7, 11) is 0. The zero-order chi connectivity index (χ0) is 12.6. The highest BCUT2D eigenvalue weighted by Gasteiger charge is 2.10. The fourth-order valence-corrected chi connectivity index (χ4v) is 0.829. The van der Waals surface area contributed by atoms with Crippen molar-refractivity contribution in [3.05, 3.63) is 0 Å². The lowest BCUT2D eigenvalue weighted by atomic mass is 10.4. The van der Waals surface area contributed by atoms with Crippen LogP contribution in [0.1, 0.15) is 26.7 Å². The number of hydrogen-bond acceptors (Lipinski definition) is 3. The first-order valence-corrected chi connectivity index (χ1v) is 5.09. The Kier molecular flexibility index (Phi) is 6.66. The van der Waals surface area contributed by atoms with Gasteiger partial charge in [0.2, 0.25) is 11.8 Å². The van der Waals surface area contributed by atoms with Crippen molar-refractivity contribution < 1.29 is 14.4 Å². The zero-order valence-electron chi connectivity index (χ0n) is 9.58. The van der Waals surface area contributed by atoms with Gasteiger partial charge in [-0.05, 0) is 0 Å². The molecular formula is C9H18N4O3. The van der Waals surface area contributed by atoms with E-state index in [0.717, 1.165) is 4.90 Å². The van der Waals surface area contributed by atoms with Crippen LogP contribution in [0, 0.1) is 0 Å². The second-order valence-electron chi connectivity index (χ2n) is 3.10. The molecule has 16 heavy (non-hydrogen) atoms. The van der Waals surface area contributed by atoms with Gasteiger partial charge in [-0.15, -0.1) is 0 Å². The summed E-state index contributed by atoms with van der Waals surface area (Å²) >= 11 is 0. The second kappa shape index (κ2) is 7.49. The van der Waals surface area contributed by atoms with Crippen LogP contribution in [0.3, 0.4) is 0 Å². The Morgan fingerprint density at radius 2 is 1.38 bits per heavy atom. The van der Waals surface area contributed by atoms with Crippen LogP contribution >= 0.6 is 0 Å². The van der Waals surface area contributed by atoms with E-state index >= 15 is 0 Å². The standard InChI is InChI=1S/C9H18N4O3/c1-3-7(14)11-5-13(9(10)16)6-12-8(15)4-2/h3-6H2,1-2H3,(H2,10,16)(H,11,14)(H,12,15). The third-order valence-electron chi connectivity index (χ3n) is 1.89. The van der Waals surface area contributed by atoms with E-state index in [1.807, 2.05) is 0 Å². The number of rotatable bonds is 6. The Morgan fingerprint density at radius 3 is 1.62 bits per heavy atom. The first kappa shape index (κ1) is 14.2. The minimum absolute atomic E-state index is 0.00794. The van der Waals surface area contributed by atoms with Crippen LogP contribution in [0.15, 0.2) is 0 Å². The van der Waals surface area contributed by atoms with E-state index in [2.05, 4.69) is 10.6 Å². The molecule has 0 aliphatic carbocycles. The Hall–Kier alpha value is -1.79. The molecule has 0 spiro atoms. The molecule has 0 bridgehead atoms. The van der Waals surface area contributed by atoms with Gasteiger partial charge < -0.3 is 16.4 Å². The number of nitrogens with one attached hydrogen (secondary N) is 2. The van der Waals surface area contributed by atoms with Crippen molar-refractivity contribution >= 4 is 17.8 Å². The average molecular weight is 230 g/mol. The molecular weight excluding hydrogens is 212 g/mol. The molecule has 0 saturated heterocycles. The highest BCUT2D eigenvalue weighted by molar-refractivity contribution is 5.78. The van der Waals surface area contributed by atoms with Gasteiger partial charge in [-0.25, -0.2) is 4.79 Å². The van der Waals surface area contributed by atoms with Crippen molar-refractivity contribution in [3.63, 3.8) is 0 Å². The highest BCUT2D eigenvalue weighted by atomic mass is 16.2. The fraction of sp³-hybridized carbons (Fsp3) is 0.667. The van der Waals surface area contributed by atoms with E-state index in [1.54, 1.807) is 13.8 Å². The van der Waals surface area contributed by atoms with E-state index < -0.39 is 6.03 Å². The Bertz CT molecular complexity index is 247. The number of hydrogen-bond donors (Lipinski definition) is 3. The van der Waals surface area contributed by atoms with Crippen molar-refractivity contribution in [2.45, 2.75) is 26.7 Å². The van der Waals surface area contributed by atoms with Crippen LogP contribution in [0.25, 0.3) is 0 Å². The topological polar surface area (TPSA) is 105 Å². The maximum atomic E-state index is 11.0. The largest absolute Gasteiger partial charge is 0.351 e. The summed E-state index contributed by atoms with van der Waals surface area (Å²) in [5, 5.41) is 4.98. The molecule has 0 unspecified atom stereocenters. The molecule has 0 aromatic rings. The normalized spacial score (nSPS) is 9.38. The molecule has 0 aromatic carbocycles. The molecule has 0 aliphatic heterocycles. The summed E-state index contributed by atoms with van der Waals surface area (Å²) in [6, 6.07) is -0.701. The van der Waals surface area contributed by atoms with Crippen molar-refractivity contribution in [3.8, 4) is 0 Å². The number of carbonyl (C=O) groups is 3. The van der Waals surface area contributed by atoms with Gasteiger partial charge in [0.15, 0.2) is 0 Å². The van der Waals surface area contributed by atoms with Crippen LogP contribution in [-0.2, 0) is 9.59 Å². The van der Waals surface area contributed by atoms with Gasteiger partial charge in [0.1, 0.15) is 0 Å². The van der Waals surface area contributed by atoms with Crippen LogP contribution in [0.5, 0.6) is 0 Å². The lowest BCUT2D eigenvalue weighted by molar-refractivity contribution is -0.121. The summed E-state index contributed by atoms with van der Waals surface area (Å²) in [4.78, 5) is 34.0. The van der Waals surface area contributed by atoms with Crippen molar-refractivity contribution in [2.75, 3.05) is 13.3 Å². The first-order valence-electron chi connectivity index (χ1n) is 5.09. The van der Waals surface area contributed by atoms with E-state index in [9.17, 15) is 14.4 Å². The zero-order valence-corrected chi connectivity index (χ0v) is 9.58. The number of primary amides is 1. The number of nitrogens with zero attached hydrogens (tertiary/aromatic N) is 1. The highest BCUT2D eigenvalue weighted by Crippen LogP contribution is 1.85. The van der Waals surface area contributed by atoms with Crippen LogP contribution in [-0.4, -0.2) is 36.1 Å². The molecule has 0 atom stereocenters. The van der Waals surface area contributed by atoms with Gasteiger partial charge in [-0.1, -0.05) is 13.8 Å². The summed E-state index contributed by atoms with van der Waals surface area (Å²) in [5.41, 5.74) is 5.08. The molecule has 7 heteroatoms. The van der Waals surface area contributed by atoms with Gasteiger partial charge in [0.25, 0.3) is 0 Å². The third kappa shape index (κ3) is 5.84. The summed E-state index contributed by atoms with van der Waals surface area (Å²) < 4.78 is 0. The minimum Gasteiger partial charge on any atom is -0.351 e. The van der Waals surface area contributed by atoms with E-state index in [-0.39, 0.29) is 25.2 Å². The molecule has 0 heterocycles. The van der Waals surface area contributed by atoms with E-state index in [1.165, 1.54) is 0 Å². The molecule has 92 valence electrons. The third-order valence-corrected chi connectivity index (χ3v) is 1.89. The number of nitrogens with two attached hydrogens (primary N) is 1. The Labute approximate surface area is 94.3 Å². The molecule has 0 aromatic heterocycles. The number of carbonyl (C=O) groups excluding carboxylic acids is 3. The van der Waals surface area contributed by atoms with Crippen LogP contribution in [0.4, 0.5) is 4.79 Å². The smallest absolute Gasteiger partial charge is 0.317 e. The number of urea groups is 1. The van der Waals surface area contributed by atoms with Crippen molar-refractivity contribution in [1.82, 2.24) is 15.5 Å². The lowest BCUT2D eigenvalue weighted by Crippen LogP contribution is -2.48. The van der Waals surface area contributed by atoms with Crippen LogP contribution < -0.4 is 16.4 Å². The Morgan fingerprint density at radius 1 is 1.00 bits per heavy atom. The predicted octanol–water partition coefficient (Wildman–Crippen LogP) is -0.665. The van der Waals surface area contributed by atoms with E-state index in [4.69, 9.17) is 5.73 Å². The molecule has 0 saturated carbocycles. The monoisotopic (exact) mass is 230 g/mol. The van der Waals surface area contributed by atoms with Gasteiger partial charge >= 0.3 is 6.03 Å². The van der Waals surface area contributed by atoms with Crippen LogP contribution in [0.2, 0.25) is 0 Å². The van der Waals surface area contributed by atoms with Gasteiger partial charge in [0, 0.05) is 12.8 Å². The average Bonchev–Trinajstić information content (AvgIpc) is 2.27. The van der Waals surface area contributed by atoms with Crippen molar-refractivity contribution in [2.24, 2.45) is 5.73 Å². The second-order valence-corrected chi connectivity index (χ2v) is 3.10. The van der Waals surface area contributed by atoms with Gasteiger partial charge in [-0.2, -0.15) is 0 Å². The first-order chi connectivity index (χ1) is 7.51.